The van der Waals surface area contributed by atoms with Crippen molar-refractivity contribution < 1.29 is 4.79 Å². The highest BCUT2D eigenvalue weighted by molar-refractivity contribution is 7.14. The number of imidazole rings is 2. The molecule has 4 aromatic rings. The van der Waals surface area contributed by atoms with Gasteiger partial charge in [-0.05, 0) is 50.9 Å². The molecule has 174 valence electrons. The maximum absolute atomic E-state index is 13.1. The normalized spacial score (nSPS) is 20.1. The van der Waals surface area contributed by atoms with Crippen LogP contribution in [0.2, 0.25) is 0 Å². The number of carbonyl (C=O) groups is 1. The smallest absolute Gasteiger partial charge is 0.234 e. The Morgan fingerprint density at radius 3 is 2.35 bits per heavy atom. The van der Waals surface area contributed by atoms with E-state index in [9.17, 15) is 4.79 Å². The van der Waals surface area contributed by atoms with Gasteiger partial charge in [0.05, 0.1) is 23.3 Å². The molecule has 0 bridgehead atoms. The summed E-state index contributed by atoms with van der Waals surface area (Å²) >= 11 is 1.40. The number of aromatic amines is 2. The number of carbonyl (C=O) groups excluding carboxylic acids is 1. The topological polar surface area (TPSA) is 123 Å². The van der Waals surface area contributed by atoms with E-state index in [4.69, 9.17) is 4.98 Å². The number of hydrogen-bond donors (Lipinski definition) is 5. The number of hydrogen-bond acceptors (Lipinski definition) is 8. The van der Waals surface area contributed by atoms with Gasteiger partial charge in [-0.15, -0.1) is 11.3 Å². The van der Waals surface area contributed by atoms with Crippen LogP contribution >= 0.6 is 11.3 Å². The van der Waals surface area contributed by atoms with E-state index < -0.39 is 0 Å². The second kappa shape index (κ2) is 9.13. The Hall–Kier alpha value is -3.34. The summed E-state index contributed by atoms with van der Waals surface area (Å²) in [4.78, 5) is 33.1. The van der Waals surface area contributed by atoms with Crippen LogP contribution in [0, 0.1) is 0 Å². The van der Waals surface area contributed by atoms with Gasteiger partial charge in [-0.25, -0.2) is 15.0 Å². The van der Waals surface area contributed by atoms with Crippen molar-refractivity contribution in [3.05, 3.63) is 65.2 Å². The molecule has 0 aliphatic carbocycles. The van der Waals surface area contributed by atoms with E-state index in [0.717, 1.165) is 60.9 Å². The lowest BCUT2D eigenvalue weighted by molar-refractivity contribution is 0.103. The molecule has 5 heterocycles. The first-order chi connectivity index (χ1) is 16.7. The van der Waals surface area contributed by atoms with Crippen LogP contribution in [0.25, 0.3) is 11.3 Å². The molecule has 0 amide bonds. The summed E-state index contributed by atoms with van der Waals surface area (Å²) in [5.74, 6) is 1.62. The van der Waals surface area contributed by atoms with Gasteiger partial charge in [0, 0.05) is 23.6 Å². The monoisotopic (exact) mass is 474 g/mol. The average molecular weight is 475 g/mol. The lowest BCUT2D eigenvalue weighted by Gasteiger charge is -2.07. The molecular weight excluding hydrogens is 448 g/mol. The average Bonchev–Trinajstić information content (AvgIpc) is 3.70. The zero-order valence-corrected chi connectivity index (χ0v) is 19.4. The molecule has 2 atom stereocenters. The molecule has 3 aromatic heterocycles. The molecule has 10 heteroatoms. The fraction of sp³-hybridized carbons (Fsp3) is 0.333. The van der Waals surface area contributed by atoms with Crippen molar-refractivity contribution in [2.24, 2.45) is 0 Å². The first-order valence-corrected chi connectivity index (χ1v) is 12.6. The quantitative estimate of drug-likeness (QED) is 0.256. The first-order valence-electron chi connectivity index (χ1n) is 11.7. The zero-order chi connectivity index (χ0) is 22.9. The number of benzene rings is 1. The molecule has 2 fully saturated rings. The Balaban J connectivity index is 1.15. The molecule has 2 saturated heterocycles. The number of rotatable bonds is 7. The fourth-order valence-corrected chi connectivity index (χ4v) is 5.30. The van der Waals surface area contributed by atoms with Gasteiger partial charge in [-0.1, -0.05) is 12.1 Å². The SMILES string of the molecule is O=C(c1c[nH]c([C@@H]2CCCN2)n1)c1ncsc1Nc1ccc(-c2c[nH]c([C@@H]3CCCN3)n2)cc1. The van der Waals surface area contributed by atoms with Gasteiger partial charge in [0.15, 0.2) is 0 Å². The second-order valence-corrected chi connectivity index (χ2v) is 9.56. The molecule has 2 aliphatic heterocycles. The molecule has 0 saturated carbocycles. The Kier molecular flexibility index (Phi) is 5.69. The summed E-state index contributed by atoms with van der Waals surface area (Å²) in [6.45, 7) is 2.02. The van der Waals surface area contributed by atoms with Crippen molar-refractivity contribution in [1.82, 2.24) is 35.6 Å². The van der Waals surface area contributed by atoms with Gasteiger partial charge in [-0.3, -0.25) is 4.79 Å². The maximum atomic E-state index is 13.1. The van der Waals surface area contributed by atoms with Gasteiger partial charge < -0.3 is 25.9 Å². The predicted octanol–water partition coefficient (Wildman–Crippen LogP) is 4.08. The molecule has 0 unspecified atom stereocenters. The molecular formula is C24H26N8OS. The summed E-state index contributed by atoms with van der Waals surface area (Å²) in [6.07, 6.45) is 8.07. The van der Waals surface area contributed by atoms with E-state index in [0.29, 0.717) is 22.4 Å². The minimum Gasteiger partial charge on any atom is -0.347 e. The van der Waals surface area contributed by atoms with Gasteiger partial charge >= 0.3 is 0 Å². The lowest BCUT2D eigenvalue weighted by Crippen LogP contribution is -2.14. The number of aromatic nitrogens is 5. The van der Waals surface area contributed by atoms with Crippen molar-refractivity contribution in [3.63, 3.8) is 0 Å². The number of H-pyrrole nitrogens is 2. The molecule has 6 rings (SSSR count). The van der Waals surface area contributed by atoms with E-state index in [2.05, 4.69) is 35.9 Å². The Morgan fingerprint density at radius 1 is 0.941 bits per heavy atom. The number of nitrogens with zero attached hydrogens (tertiary/aromatic N) is 3. The molecule has 1 aromatic carbocycles. The van der Waals surface area contributed by atoms with Crippen molar-refractivity contribution >= 4 is 27.8 Å². The van der Waals surface area contributed by atoms with E-state index in [1.165, 1.54) is 17.8 Å². The van der Waals surface area contributed by atoms with Crippen LogP contribution in [-0.4, -0.2) is 43.8 Å². The highest BCUT2D eigenvalue weighted by atomic mass is 32.1. The first kappa shape index (κ1) is 21.2. The van der Waals surface area contributed by atoms with Crippen LogP contribution in [0.4, 0.5) is 10.7 Å². The van der Waals surface area contributed by atoms with Crippen LogP contribution in [0.5, 0.6) is 0 Å². The van der Waals surface area contributed by atoms with Crippen molar-refractivity contribution in [3.8, 4) is 11.3 Å². The van der Waals surface area contributed by atoms with Gasteiger partial charge in [0.1, 0.15) is 28.0 Å². The van der Waals surface area contributed by atoms with Gasteiger partial charge in [0.2, 0.25) is 5.78 Å². The van der Waals surface area contributed by atoms with Crippen molar-refractivity contribution in [2.45, 2.75) is 37.8 Å². The van der Waals surface area contributed by atoms with Crippen LogP contribution in [0.1, 0.15) is 65.6 Å². The van der Waals surface area contributed by atoms with E-state index in [1.807, 2.05) is 30.5 Å². The number of nitrogens with one attached hydrogen (secondary N) is 5. The summed E-state index contributed by atoms with van der Waals surface area (Å²) in [7, 11) is 0. The zero-order valence-electron chi connectivity index (χ0n) is 18.6. The number of anilines is 2. The third kappa shape index (κ3) is 4.15. The maximum Gasteiger partial charge on any atom is 0.234 e. The molecule has 5 N–H and O–H groups in total. The lowest BCUT2D eigenvalue weighted by atomic mass is 10.1. The molecule has 2 aliphatic rings. The van der Waals surface area contributed by atoms with E-state index in [1.54, 1.807) is 11.7 Å². The summed E-state index contributed by atoms with van der Waals surface area (Å²) in [5.41, 5.74) is 5.30. The van der Waals surface area contributed by atoms with Crippen LogP contribution in [-0.2, 0) is 0 Å². The fourth-order valence-electron chi connectivity index (χ4n) is 4.60. The highest BCUT2D eigenvalue weighted by Crippen LogP contribution is 2.29. The molecule has 0 spiro atoms. The van der Waals surface area contributed by atoms with Crippen LogP contribution in [0.15, 0.2) is 42.2 Å². The molecule has 9 nitrogen and oxygen atoms in total. The standard InChI is InChI=1S/C24H26N8OS/c33-21(19-12-28-23(32-19)17-4-2-10-26-17)20-24(34-13-29-20)30-15-7-5-14(6-8-15)18-11-27-22(31-18)16-3-1-9-25-16/h5-8,11-13,16-17,25-26,30H,1-4,9-10H2,(H,27,31)(H,28,32)/t16-,17-/m0/s1. The minimum absolute atomic E-state index is 0.188. The number of ketones is 1. The Labute approximate surface area is 200 Å². The van der Waals surface area contributed by atoms with Crippen molar-refractivity contribution in [1.29, 1.82) is 0 Å². The molecule has 34 heavy (non-hydrogen) atoms. The van der Waals surface area contributed by atoms with Crippen LogP contribution in [0.3, 0.4) is 0 Å². The summed E-state index contributed by atoms with van der Waals surface area (Å²) in [5, 5.41) is 10.9. The third-order valence-corrected chi connectivity index (χ3v) is 7.17. The predicted molar refractivity (Wildman–Crippen MR) is 131 cm³/mol. The largest absolute Gasteiger partial charge is 0.347 e. The Bertz CT molecular complexity index is 1280. The van der Waals surface area contributed by atoms with Gasteiger partial charge in [0.25, 0.3) is 0 Å². The van der Waals surface area contributed by atoms with E-state index in [-0.39, 0.29) is 11.8 Å². The van der Waals surface area contributed by atoms with Gasteiger partial charge in [-0.2, -0.15) is 0 Å². The summed E-state index contributed by atoms with van der Waals surface area (Å²) < 4.78 is 0. The minimum atomic E-state index is -0.189. The number of thiazole rings is 1. The van der Waals surface area contributed by atoms with Crippen LogP contribution < -0.4 is 16.0 Å². The second-order valence-electron chi connectivity index (χ2n) is 8.70. The Morgan fingerprint density at radius 2 is 1.65 bits per heavy atom. The molecule has 0 radical (unpaired) electrons. The van der Waals surface area contributed by atoms with Crippen molar-refractivity contribution in [2.75, 3.05) is 18.4 Å². The third-order valence-electron chi connectivity index (χ3n) is 6.43. The highest BCUT2D eigenvalue weighted by Gasteiger charge is 2.24. The van der Waals surface area contributed by atoms with E-state index >= 15 is 0 Å². The summed E-state index contributed by atoms with van der Waals surface area (Å²) in [6, 6.07) is 8.54.